The molecule has 1 N–H and O–H groups in total. The summed E-state index contributed by atoms with van der Waals surface area (Å²) in [6.45, 7) is 4.78. The van der Waals surface area contributed by atoms with E-state index in [1.165, 1.54) is 4.90 Å². The number of likely N-dealkylation sites (N-methyl/N-ethyl adjacent to an activating group) is 2. The van der Waals surface area contributed by atoms with Gasteiger partial charge in [-0.25, -0.2) is 0 Å². The number of nitrogens with zero attached hydrogens (tertiary/aromatic N) is 4. The van der Waals surface area contributed by atoms with Gasteiger partial charge in [0.2, 0.25) is 0 Å². The van der Waals surface area contributed by atoms with E-state index >= 15 is 0 Å². The van der Waals surface area contributed by atoms with Crippen molar-refractivity contribution in [3.8, 4) is 6.07 Å². The lowest BCUT2D eigenvalue weighted by Crippen LogP contribution is -2.49. The minimum absolute atomic E-state index is 0.146. The molecule has 1 aliphatic rings. The van der Waals surface area contributed by atoms with Gasteiger partial charge >= 0.3 is 0 Å². The Morgan fingerprint density at radius 3 is 2.48 bits per heavy atom. The van der Waals surface area contributed by atoms with Crippen molar-refractivity contribution in [1.82, 2.24) is 14.7 Å². The molecule has 1 atom stereocenters. The van der Waals surface area contributed by atoms with Gasteiger partial charge in [-0.1, -0.05) is 0 Å². The standard InChI is InChI=1S/C17H24N4O2/c1-19-7-9-21(10-8-19)13-16(22)12-20(2)17(23)15-5-3-14(11-18)4-6-15/h3-6,16,22H,7-10,12-13H2,1-2H3. The molecule has 2 rings (SSSR count). The summed E-state index contributed by atoms with van der Waals surface area (Å²) in [6.07, 6.45) is -0.564. The molecule has 6 heteroatoms. The first kappa shape index (κ1) is 17.4. The first-order chi connectivity index (χ1) is 11.0. The van der Waals surface area contributed by atoms with E-state index in [9.17, 15) is 9.90 Å². The van der Waals surface area contributed by atoms with Crippen LogP contribution in [0.4, 0.5) is 0 Å². The van der Waals surface area contributed by atoms with Crippen LogP contribution in [0.25, 0.3) is 0 Å². The topological polar surface area (TPSA) is 70.8 Å². The number of hydrogen-bond acceptors (Lipinski definition) is 5. The number of benzene rings is 1. The van der Waals surface area contributed by atoms with E-state index in [2.05, 4.69) is 16.8 Å². The van der Waals surface area contributed by atoms with Crippen LogP contribution >= 0.6 is 0 Å². The maximum Gasteiger partial charge on any atom is 0.253 e. The third-order valence-electron chi connectivity index (χ3n) is 4.16. The molecule has 0 radical (unpaired) electrons. The fraction of sp³-hybridized carbons (Fsp3) is 0.529. The Hall–Kier alpha value is -1.94. The van der Waals surface area contributed by atoms with Gasteiger partial charge in [0, 0.05) is 51.9 Å². The van der Waals surface area contributed by atoms with Crippen LogP contribution < -0.4 is 0 Å². The van der Waals surface area contributed by atoms with E-state index < -0.39 is 6.10 Å². The summed E-state index contributed by atoms with van der Waals surface area (Å²) in [4.78, 5) is 18.4. The Kier molecular flexibility index (Phi) is 6.11. The van der Waals surface area contributed by atoms with Crippen molar-refractivity contribution in [2.24, 2.45) is 0 Å². The largest absolute Gasteiger partial charge is 0.390 e. The van der Waals surface area contributed by atoms with Crippen LogP contribution in [0, 0.1) is 11.3 Å². The van der Waals surface area contributed by atoms with Gasteiger partial charge in [-0.3, -0.25) is 9.69 Å². The number of aliphatic hydroxyl groups excluding tert-OH is 1. The molecule has 6 nitrogen and oxygen atoms in total. The van der Waals surface area contributed by atoms with Gasteiger partial charge in [0.15, 0.2) is 0 Å². The quantitative estimate of drug-likeness (QED) is 0.842. The summed E-state index contributed by atoms with van der Waals surface area (Å²) < 4.78 is 0. The number of amides is 1. The van der Waals surface area contributed by atoms with Crippen LogP contribution in [-0.4, -0.2) is 85.2 Å². The van der Waals surface area contributed by atoms with Crippen LogP contribution in [0.15, 0.2) is 24.3 Å². The van der Waals surface area contributed by atoms with E-state index in [4.69, 9.17) is 5.26 Å². The van der Waals surface area contributed by atoms with Crippen LogP contribution in [0.5, 0.6) is 0 Å². The van der Waals surface area contributed by atoms with Gasteiger partial charge in [-0.15, -0.1) is 0 Å². The normalized spacial score (nSPS) is 17.5. The van der Waals surface area contributed by atoms with Gasteiger partial charge in [-0.2, -0.15) is 5.26 Å². The van der Waals surface area contributed by atoms with Crippen LogP contribution in [0.3, 0.4) is 0 Å². The third-order valence-corrected chi connectivity index (χ3v) is 4.16. The number of carbonyl (C=O) groups is 1. The Labute approximate surface area is 137 Å². The molecule has 1 aromatic carbocycles. The average Bonchev–Trinajstić information content (AvgIpc) is 2.56. The van der Waals surface area contributed by atoms with Gasteiger partial charge in [0.1, 0.15) is 0 Å². The van der Waals surface area contributed by atoms with Crippen molar-refractivity contribution in [1.29, 1.82) is 5.26 Å². The highest BCUT2D eigenvalue weighted by atomic mass is 16.3. The maximum atomic E-state index is 12.3. The SMILES string of the molecule is CN1CCN(CC(O)CN(C)C(=O)c2ccc(C#N)cc2)CC1. The molecule has 0 spiro atoms. The van der Waals surface area contributed by atoms with Crippen molar-refractivity contribution in [3.05, 3.63) is 35.4 Å². The van der Waals surface area contributed by atoms with E-state index in [-0.39, 0.29) is 5.91 Å². The molecule has 1 aliphatic heterocycles. The summed E-state index contributed by atoms with van der Waals surface area (Å²) in [6, 6.07) is 8.57. The smallest absolute Gasteiger partial charge is 0.253 e. The Morgan fingerprint density at radius 2 is 1.91 bits per heavy atom. The Morgan fingerprint density at radius 1 is 1.30 bits per heavy atom. The molecule has 23 heavy (non-hydrogen) atoms. The van der Waals surface area contributed by atoms with Crippen LogP contribution in [0.2, 0.25) is 0 Å². The molecule has 1 unspecified atom stereocenters. The Balaban J connectivity index is 1.83. The molecular formula is C17H24N4O2. The molecule has 0 aromatic heterocycles. The number of aliphatic hydroxyl groups is 1. The first-order valence-electron chi connectivity index (χ1n) is 7.84. The predicted molar refractivity (Wildman–Crippen MR) is 88.1 cm³/mol. The van der Waals surface area contributed by atoms with Crippen molar-refractivity contribution >= 4 is 5.91 Å². The lowest BCUT2D eigenvalue weighted by atomic mass is 10.1. The number of nitriles is 1. The van der Waals surface area contributed by atoms with Gasteiger partial charge in [-0.05, 0) is 31.3 Å². The van der Waals surface area contributed by atoms with Gasteiger partial charge in [0.25, 0.3) is 5.91 Å². The maximum absolute atomic E-state index is 12.3. The monoisotopic (exact) mass is 316 g/mol. The fourth-order valence-electron chi connectivity index (χ4n) is 2.69. The molecule has 1 amide bonds. The minimum Gasteiger partial charge on any atom is -0.390 e. The van der Waals surface area contributed by atoms with Gasteiger partial charge < -0.3 is 14.9 Å². The summed E-state index contributed by atoms with van der Waals surface area (Å²) >= 11 is 0. The van der Waals surface area contributed by atoms with E-state index in [0.29, 0.717) is 24.2 Å². The lowest BCUT2D eigenvalue weighted by Gasteiger charge is -2.34. The lowest BCUT2D eigenvalue weighted by molar-refractivity contribution is 0.0501. The second-order valence-electron chi connectivity index (χ2n) is 6.13. The highest BCUT2D eigenvalue weighted by Gasteiger charge is 2.20. The molecule has 1 aromatic rings. The van der Waals surface area contributed by atoms with E-state index in [1.54, 1.807) is 31.3 Å². The molecule has 1 heterocycles. The first-order valence-corrected chi connectivity index (χ1v) is 7.84. The fourth-order valence-corrected chi connectivity index (χ4v) is 2.69. The predicted octanol–water partition coefficient (Wildman–Crippen LogP) is 0.239. The molecule has 0 bridgehead atoms. The molecule has 0 aliphatic carbocycles. The zero-order chi connectivity index (χ0) is 16.8. The average molecular weight is 316 g/mol. The van der Waals surface area contributed by atoms with Crippen molar-refractivity contribution in [3.63, 3.8) is 0 Å². The second kappa shape index (κ2) is 8.06. The highest BCUT2D eigenvalue weighted by molar-refractivity contribution is 5.94. The molecular weight excluding hydrogens is 292 g/mol. The number of carbonyl (C=O) groups excluding carboxylic acids is 1. The van der Waals surface area contributed by atoms with E-state index in [0.717, 1.165) is 26.2 Å². The number of hydrogen-bond donors (Lipinski definition) is 1. The number of rotatable bonds is 5. The summed E-state index contributed by atoms with van der Waals surface area (Å²) in [7, 11) is 3.78. The molecule has 1 fully saturated rings. The van der Waals surface area contributed by atoms with Crippen LogP contribution in [0.1, 0.15) is 15.9 Å². The summed E-state index contributed by atoms with van der Waals surface area (Å²) in [5.41, 5.74) is 1.05. The summed E-state index contributed by atoms with van der Waals surface area (Å²) in [5, 5.41) is 19.0. The van der Waals surface area contributed by atoms with Gasteiger partial charge in [0.05, 0.1) is 17.7 Å². The molecule has 0 saturated carbocycles. The highest BCUT2D eigenvalue weighted by Crippen LogP contribution is 2.08. The van der Waals surface area contributed by atoms with Crippen molar-refractivity contribution < 1.29 is 9.90 Å². The minimum atomic E-state index is -0.564. The Bertz CT molecular complexity index is 559. The molecule has 124 valence electrons. The zero-order valence-electron chi connectivity index (χ0n) is 13.8. The van der Waals surface area contributed by atoms with Crippen LogP contribution in [-0.2, 0) is 0 Å². The zero-order valence-corrected chi connectivity index (χ0v) is 13.8. The molecule has 1 saturated heterocycles. The summed E-state index contributed by atoms with van der Waals surface area (Å²) in [5.74, 6) is -0.146. The van der Waals surface area contributed by atoms with Crippen molar-refractivity contribution in [2.45, 2.75) is 6.10 Å². The number of piperazine rings is 1. The van der Waals surface area contributed by atoms with E-state index in [1.807, 2.05) is 6.07 Å². The third kappa shape index (κ3) is 5.03. The second-order valence-corrected chi connectivity index (χ2v) is 6.13. The van der Waals surface area contributed by atoms with Crippen molar-refractivity contribution in [2.75, 3.05) is 53.4 Å². The number of β-amino-alcohol motifs (C(OH)–C–C–N with tert-alkyl or cyclic N) is 1.